The van der Waals surface area contributed by atoms with E-state index < -0.39 is 12.2 Å². The van der Waals surface area contributed by atoms with Crippen molar-refractivity contribution in [2.75, 3.05) is 26.3 Å². The van der Waals surface area contributed by atoms with Gasteiger partial charge in [0.15, 0.2) is 6.10 Å². The minimum absolute atomic E-state index is 0.110. The van der Waals surface area contributed by atoms with Crippen LogP contribution in [-0.2, 0) is 4.74 Å². The number of hydrogen-bond acceptors (Lipinski definition) is 5. The monoisotopic (exact) mass is 343 g/mol. The van der Waals surface area contributed by atoms with E-state index in [1.165, 1.54) is 4.90 Å². The summed E-state index contributed by atoms with van der Waals surface area (Å²) in [6.45, 7) is 0.934. The van der Waals surface area contributed by atoms with E-state index in [4.69, 9.17) is 14.2 Å². The first-order valence-electron chi connectivity index (χ1n) is 8.20. The van der Waals surface area contributed by atoms with Gasteiger partial charge in [-0.15, -0.1) is 0 Å². The van der Waals surface area contributed by atoms with Crippen LogP contribution in [0.5, 0.6) is 11.5 Å². The summed E-state index contributed by atoms with van der Waals surface area (Å²) >= 11 is 0. The Labute approximate surface area is 146 Å². The summed E-state index contributed by atoms with van der Waals surface area (Å²) in [5, 5.41) is 10.1. The average molecular weight is 343 g/mol. The van der Waals surface area contributed by atoms with Crippen LogP contribution in [0.2, 0.25) is 0 Å². The van der Waals surface area contributed by atoms with Gasteiger partial charge in [0.05, 0.1) is 13.1 Å². The van der Waals surface area contributed by atoms with E-state index in [1.54, 1.807) is 0 Å². The van der Waals surface area contributed by atoms with Gasteiger partial charge in [-0.1, -0.05) is 36.4 Å². The fourth-order valence-corrected chi connectivity index (χ4v) is 2.53. The van der Waals surface area contributed by atoms with Crippen molar-refractivity contribution >= 4 is 6.09 Å². The van der Waals surface area contributed by atoms with Crippen molar-refractivity contribution in [3.8, 4) is 11.5 Å². The average Bonchev–Trinajstić information content (AvgIpc) is 2.99. The van der Waals surface area contributed by atoms with Crippen LogP contribution in [0.1, 0.15) is 0 Å². The molecule has 0 aliphatic carbocycles. The first-order valence-corrected chi connectivity index (χ1v) is 8.20. The Morgan fingerprint density at radius 3 is 2.28 bits per heavy atom. The zero-order valence-corrected chi connectivity index (χ0v) is 13.8. The predicted molar refractivity (Wildman–Crippen MR) is 91.7 cm³/mol. The molecular weight excluding hydrogens is 322 g/mol. The Hall–Kier alpha value is -2.73. The number of carbonyl (C=O) groups is 1. The molecule has 0 spiro atoms. The molecule has 2 unspecified atom stereocenters. The van der Waals surface area contributed by atoms with E-state index in [0.717, 1.165) is 5.75 Å². The summed E-state index contributed by atoms with van der Waals surface area (Å²) < 4.78 is 16.4. The Kier molecular flexibility index (Phi) is 5.74. The third-order valence-electron chi connectivity index (χ3n) is 3.75. The Bertz CT molecular complexity index is 664. The number of ether oxygens (including phenoxy) is 3. The van der Waals surface area contributed by atoms with Crippen molar-refractivity contribution in [1.82, 2.24) is 4.90 Å². The van der Waals surface area contributed by atoms with Gasteiger partial charge in [0.2, 0.25) is 0 Å². The van der Waals surface area contributed by atoms with Crippen molar-refractivity contribution in [2.45, 2.75) is 12.2 Å². The van der Waals surface area contributed by atoms with E-state index in [0.29, 0.717) is 12.3 Å². The molecule has 0 radical (unpaired) electrons. The smallest absolute Gasteiger partial charge is 0.410 e. The fraction of sp³-hybridized carbons (Fsp3) is 0.316. The van der Waals surface area contributed by atoms with Crippen molar-refractivity contribution in [3.05, 3.63) is 60.7 Å². The molecule has 1 saturated heterocycles. The summed E-state index contributed by atoms with van der Waals surface area (Å²) in [5.41, 5.74) is 0. The Morgan fingerprint density at radius 2 is 1.64 bits per heavy atom. The number of hydrogen-bond donors (Lipinski definition) is 1. The van der Waals surface area contributed by atoms with Gasteiger partial charge in [-0.25, -0.2) is 4.79 Å². The number of para-hydroxylation sites is 2. The molecule has 1 fully saturated rings. The van der Waals surface area contributed by atoms with Gasteiger partial charge in [-0.3, -0.25) is 0 Å². The molecule has 1 heterocycles. The number of aliphatic hydroxyl groups excluding tert-OH is 1. The van der Waals surface area contributed by atoms with Crippen LogP contribution in [0, 0.1) is 0 Å². The maximum atomic E-state index is 11.9. The quantitative estimate of drug-likeness (QED) is 0.797. The maximum absolute atomic E-state index is 11.9. The lowest BCUT2D eigenvalue weighted by Crippen LogP contribution is -2.37. The molecule has 132 valence electrons. The fourth-order valence-electron chi connectivity index (χ4n) is 2.53. The number of nitrogens with zero attached hydrogens (tertiary/aromatic N) is 1. The number of carbonyl (C=O) groups excluding carboxylic acids is 1. The highest BCUT2D eigenvalue weighted by atomic mass is 16.6. The number of amides is 1. The zero-order chi connectivity index (χ0) is 17.5. The molecular formula is C19H21NO5. The van der Waals surface area contributed by atoms with Crippen LogP contribution in [0.3, 0.4) is 0 Å². The first kappa shape index (κ1) is 17.1. The van der Waals surface area contributed by atoms with E-state index in [9.17, 15) is 9.90 Å². The van der Waals surface area contributed by atoms with Gasteiger partial charge in [0.25, 0.3) is 0 Å². The number of aliphatic hydroxyl groups is 1. The summed E-state index contributed by atoms with van der Waals surface area (Å²) in [6, 6.07) is 18.6. The standard InChI is InChI=1S/C19H21NO5/c21-15(13-23-16-7-3-1-4-8-16)11-20-12-18(25-19(20)22)14-24-17-9-5-2-6-10-17/h1-10,15,18,21H,11-14H2. The highest BCUT2D eigenvalue weighted by Gasteiger charge is 2.33. The lowest BCUT2D eigenvalue weighted by atomic mass is 10.3. The van der Waals surface area contributed by atoms with Gasteiger partial charge >= 0.3 is 6.09 Å². The number of rotatable bonds is 8. The molecule has 1 aliphatic rings. The van der Waals surface area contributed by atoms with Crippen LogP contribution in [0.25, 0.3) is 0 Å². The molecule has 0 saturated carbocycles. The molecule has 1 aliphatic heterocycles. The molecule has 0 aromatic heterocycles. The van der Waals surface area contributed by atoms with Gasteiger partial charge < -0.3 is 24.2 Å². The second-order valence-electron chi connectivity index (χ2n) is 5.81. The van der Waals surface area contributed by atoms with Crippen molar-refractivity contribution in [2.24, 2.45) is 0 Å². The molecule has 0 bridgehead atoms. The molecule has 25 heavy (non-hydrogen) atoms. The summed E-state index contributed by atoms with van der Waals surface area (Å²) in [4.78, 5) is 13.4. The molecule has 6 nitrogen and oxygen atoms in total. The predicted octanol–water partition coefficient (Wildman–Crippen LogP) is 2.33. The lowest BCUT2D eigenvalue weighted by molar-refractivity contribution is 0.0775. The third kappa shape index (κ3) is 5.12. The molecule has 2 atom stereocenters. The normalized spacial score (nSPS) is 17.9. The van der Waals surface area contributed by atoms with E-state index in [-0.39, 0.29) is 25.9 Å². The van der Waals surface area contributed by atoms with Gasteiger partial charge in [-0.05, 0) is 24.3 Å². The van der Waals surface area contributed by atoms with E-state index in [2.05, 4.69) is 0 Å². The van der Waals surface area contributed by atoms with Crippen LogP contribution in [-0.4, -0.2) is 54.6 Å². The maximum Gasteiger partial charge on any atom is 0.410 e. The van der Waals surface area contributed by atoms with Gasteiger partial charge in [-0.2, -0.15) is 0 Å². The molecule has 2 aromatic carbocycles. The van der Waals surface area contributed by atoms with E-state index in [1.807, 2.05) is 60.7 Å². The van der Waals surface area contributed by atoms with Crippen molar-refractivity contribution in [1.29, 1.82) is 0 Å². The molecule has 6 heteroatoms. The molecule has 1 N–H and O–H groups in total. The molecule has 1 amide bonds. The number of β-amino-alcohol motifs (C(OH)–C–C–N with tert-alkyl or cyclic N) is 1. The van der Waals surface area contributed by atoms with Gasteiger partial charge in [0, 0.05) is 0 Å². The highest BCUT2D eigenvalue weighted by molar-refractivity contribution is 5.69. The second-order valence-corrected chi connectivity index (χ2v) is 5.81. The second kappa shape index (κ2) is 8.39. The van der Waals surface area contributed by atoms with Crippen LogP contribution in [0.15, 0.2) is 60.7 Å². The molecule has 2 aromatic rings. The van der Waals surface area contributed by atoms with Crippen molar-refractivity contribution < 1.29 is 24.1 Å². The summed E-state index contributed by atoms with van der Waals surface area (Å²) in [5.74, 6) is 1.41. The largest absolute Gasteiger partial charge is 0.491 e. The summed E-state index contributed by atoms with van der Waals surface area (Å²) in [6.07, 6.45) is -1.59. The van der Waals surface area contributed by atoms with Crippen LogP contribution < -0.4 is 9.47 Å². The minimum Gasteiger partial charge on any atom is -0.491 e. The minimum atomic E-state index is -0.790. The van der Waals surface area contributed by atoms with Crippen LogP contribution in [0.4, 0.5) is 4.79 Å². The topological polar surface area (TPSA) is 68.2 Å². The van der Waals surface area contributed by atoms with Gasteiger partial charge in [0.1, 0.15) is 30.8 Å². The third-order valence-corrected chi connectivity index (χ3v) is 3.75. The zero-order valence-electron chi connectivity index (χ0n) is 13.8. The Balaban J connectivity index is 1.41. The highest BCUT2D eigenvalue weighted by Crippen LogP contribution is 2.15. The number of benzene rings is 2. The SMILES string of the molecule is O=C1OC(COc2ccccc2)CN1CC(O)COc1ccccc1. The number of cyclic esters (lactones) is 1. The van der Waals surface area contributed by atoms with E-state index >= 15 is 0 Å². The van der Waals surface area contributed by atoms with Crippen molar-refractivity contribution in [3.63, 3.8) is 0 Å². The lowest BCUT2D eigenvalue weighted by Gasteiger charge is -2.18. The first-order chi connectivity index (χ1) is 12.2. The Morgan fingerprint density at radius 1 is 1.04 bits per heavy atom. The summed E-state index contributed by atoms with van der Waals surface area (Å²) in [7, 11) is 0. The molecule has 3 rings (SSSR count). The van der Waals surface area contributed by atoms with Crippen LogP contribution >= 0.6 is 0 Å².